The first kappa shape index (κ1) is 13.2. The van der Waals surface area contributed by atoms with Gasteiger partial charge in [0.05, 0.1) is 13.0 Å². The molecule has 0 saturated carbocycles. The van der Waals surface area contributed by atoms with Crippen LogP contribution in [-0.4, -0.2) is 18.5 Å². The molecule has 0 radical (unpaired) electrons. The molecule has 0 aromatic heterocycles. The number of carbonyl (C=O) groups is 1. The molecule has 0 spiro atoms. The number of carbonyl (C=O) groups excluding carboxylic acids is 1. The highest BCUT2D eigenvalue weighted by atomic mass is 16.5. The van der Waals surface area contributed by atoms with E-state index in [2.05, 4.69) is 0 Å². The van der Waals surface area contributed by atoms with Crippen LogP contribution >= 0.6 is 0 Å². The first-order valence-corrected chi connectivity index (χ1v) is 6.53. The van der Waals surface area contributed by atoms with Crippen LogP contribution in [0.1, 0.15) is 17.0 Å². The van der Waals surface area contributed by atoms with Gasteiger partial charge in [0.1, 0.15) is 29.3 Å². The van der Waals surface area contributed by atoms with Gasteiger partial charge in [-0.3, -0.25) is 0 Å². The second kappa shape index (κ2) is 5.32. The van der Waals surface area contributed by atoms with Gasteiger partial charge < -0.3 is 19.4 Å². The summed E-state index contributed by atoms with van der Waals surface area (Å²) in [4.78, 5) is 11.3. The van der Waals surface area contributed by atoms with Crippen LogP contribution in [-0.2, 0) is 4.79 Å². The average molecular weight is 282 g/mol. The highest BCUT2D eigenvalue weighted by Crippen LogP contribution is 2.38. The van der Waals surface area contributed by atoms with Gasteiger partial charge in [-0.25, -0.2) is 0 Å². The fourth-order valence-electron chi connectivity index (χ4n) is 2.32. The molecule has 1 aliphatic heterocycles. The van der Waals surface area contributed by atoms with E-state index >= 15 is 0 Å². The number of hydrogen-bond donors (Lipinski definition) is 1. The molecule has 1 unspecified atom stereocenters. The van der Waals surface area contributed by atoms with Crippen LogP contribution in [0.15, 0.2) is 48.5 Å². The minimum Gasteiger partial charge on any atom is -0.508 e. The van der Waals surface area contributed by atoms with Crippen LogP contribution in [0, 0.1) is 0 Å². The Labute approximate surface area is 122 Å². The van der Waals surface area contributed by atoms with E-state index in [9.17, 15) is 9.90 Å². The Balaban J connectivity index is 2.00. The van der Waals surface area contributed by atoms with Crippen LogP contribution in [0.25, 0.3) is 5.76 Å². The van der Waals surface area contributed by atoms with Crippen molar-refractivity contribution < 1.29 is 19.4 Å². The molecule has 1 atom stereocenters. The third-order valence-electron chi connectivity index (χ3n) is 3.43. The fourth-order valence-corrected chi connectivity index (χ4v) is 2.32. The minimum absolute atomic E-state index is 0.106. The molecule has 0 bridgehead atoms. The highest BCUT2D eigenvalue weighted by Gasteiger charge is 2.22. The van der Waals surface area contributed by atoms with E-state index in [1.807, 2.05) is 24.3 Å². The number of allylic oxidation sites excluding steroid dienone is 1. The Morgan fingerprint density at radius 1 is 1.19 bits per heavy atom. The van der Waals surface area contributed by atoms with E-state index in [1.165, 1.54) is 6.07 Å². The summed E-state index contributed by atoms with van der Waals surface area (Å²) in [6.07, 6.45) is 2.64. The topological polar surface area (TPSA) is 55.8 Å². The summed E-state index contributed by atoms with van der Waals surface area (Å²) >= 11 is 0. The monoisotopic (exact) mass is 282 g/mol. The van der Waals surface area contributed by atoms with Gasteiger partial charge in [0.25, 0.3) is 0 Å². The normalized spacial score (nSPS) is 16.4. The zero-order valence-corrected chi connectivity index (χ0v) is 11.4. The summed E-state index contributed by atoms with van der Waals surface area (Å²) in [6, 6.07) is 12.1. The molecule has 4 heteroatoms. The molecular weight excluding hydrogens is 268 g/mol. The number of hydrogen-bond acceptors (Lipinski definition) is 4. The number of aromatic hydroxyl groups is 1. The lowest BCUT2D eigenvalue weighted by atomic mass is 9.95. The molecule has 0 amide bonds. The van der Waals surface area contributed by atoms with E-state index in [0.717, 1.165) is 23.2 Å². The van der Waals surface area contributed by atoms with Gasteiger partial charge in [0.2, 0.25) is 0 Å². The highest BCUT2D eigenvalue weighted by molar-refractivity contribution is 5.77. The van der Waals surface area contributed by atoms with Gasteiger partial charge >= 0.3 is 0 Å². The lowest BCUT2D eigenvalue weighted by molar-refractivity contribution is -0.108. The molecule has 2 aromatic rings. The molecule has 21 heavy (non-hydrogen) atoms. The van der Waals surface area contributed by atoms with E-state index in [0.29, 0.717) is 11.5 Å². The van der Waals surface area contributed by atoms with Gasteiger partial charge in [0, 0.05) is 17.2 Å². The van der Waals surface area contributed by atoms with Crippen molar-refractivity contribution in [3.05, 3.63) is 59.7 Å². The molecule has 0 aliphatic carbocycles. The van der Waals surface area contributed by atoms with Gasteiger partial charge in [-0.15, -0.1) is 0 Å². The zero-order valence-electron chi connectivity index (χ0n) is 11.4. The van der Waals surface area contributed by atoms with Gasteiger partial charge in [-0.05, 0) is 36.4 Å². The lowest BCUT2D eigenvalue weighted by Crippen LogP contribution is -2.09. The summed E-state index contributed by atoms with van der Waals surface area (Å²) in [5, 5.41) is 9.57. The van der Waals surface area contributed by atoms with Crippen molar-refractivity contribution in [1.29, 1.82) is 0 Å². The summed E-state index contributed by atoms with van der Waals surface area (Å²) in [5.41, 5.74) is 1.59. The maximum Gasteiger partial charge on any atom is 0.135 e. The van der Waals surface area contributed by atoms with Gasteiger partial charge in [0.15, 0.2) is 0 Å². The summed E-state index contributed by atoms with van der Waals surface area (Å²) in [6.45, 7) is 0. The molecule has 1 aliphatic rings. The van der Waals surface area contributed by atoms with Gasteiger partial charge in [-0.2, -0.15) is 0 Å². The maximum absolute atomic E-state index is 11.3. The van der Waals surface area contributed by atoms with Crippen molar-refractivity contribution >= 4 is 12.0 Å². The molecule has 2 aromatic carbocycles. The fraction of sp³-hybridized carbons (Fsp3) is 0.118. The molecular formula is C17H14O4. The molecule has 3 rings (SSSR count). The maximum atomic E-state index is 11.3. The number of aldehydes is 1. The Bertz CT molecular complexity index is 701. The minimum atomic E-state index is -0.383. The first-order valence-electron chi connectivity index (χ1n) is 6.53. The molecule has 0 fully saturated rings. The number of phenols is 1. The summed E-state index contributed by atoms with van der Waals surface area (Å²) in [7, 11) is 1.60. The largest absolute Gasteiger partial charge is 0.508 e. The smallest absolute Gasteiger partial charge is 0.135 e. The van der Waals surface area contributed by atoms with Crippen molar-refractivity contribution in [3.8, 4) is 17.2 Å². The first-order chi connectivity index (χ1) is 10.2. The van der Waals surface area contributed by atoms with Crippen LogP contribution < -0.4 is 9.47 Å². The number of rotatable bonds is 3. The quantitative estimate of drug-likeness (QED) is 0.879. The Morgan fingerprint density at radius 2 is 1.95 bits per heavy atom. The Kier molecular flexibility index (Phi) is 3.36. The van der Waals surface area contributed by atoms with Crippen molar-refractivity contribution in [2.45, 2.75) is 5.92 Å². The SMILES string of the molecule is COc1ccc(C2=CC(C=O)c3ccc(O)cc3O2)cc1. The molecule has 0 saturated heterocycles. The van der Waals surface area contributed by atoms with Crippen molar-refractivity contribution in [1.82, 2.24) is 0 Å². The summed E-state index contributed by atoms with van der Waals surface area (Å²) < 4.78 is 10.9. The van der Waals surface area contributed by atoms with Gasteiger partial charge in [-0.1, -0.05) is 6.07 Å². The van der Waals surface area contributed by atoms with E-state index in [-0.39, 0.29) is 11.7 Å². The van der Waals surface area contributed by atoms with Crippen LogP contribution in [0.5, 0.6) is 17.2 Å². The zero-order chi connectivity index (χ0) is 14.8. The van der Waals surface area contributed by atoms with E-state index in [4.69, 9.17) is 9.47 Å². The Morgan fingerprint density at radius 3 is 2.62 bits per heavy atom. The Hall–Kier alpha value is -2.75. The second-order valence-corrected chi connectivity index (χ2v) is 4.75. The van der Waals surface area contributed by atoms with E-state index in [1.54, 1.807) is 25.3 Å². The van der Waals surface area contributed by atoms with Crippen molar-refractivity contribution in [2.24, 2.45) is 0 Å². The third-order valence-corrected chi connectivity index (χ3v) is 3.43. The number of ether oxygens (including phenoxy) is 2. The number of phenolic OH excluding ortho intramolecular Hbond substituents is 1. The lowest BCUT2D eigenvalue weighted by Gasteiger charge is -2.22. The number of fused-ring (bicyclic) bond motifs is 1. The summed E-state index contributed by atoms with van der Waals surface area (Å²) in [5.74, 6) is 1.56. The number of benzene rings is 2. The van der Waals surface area contributed by atoms with Crippen molar-refractivity contribution in [3.63, 3.8) is 0 Å². The number of methoxy groups -OCH3 is 1. The molecule has 1 heterocycles. The predicted molar refractivity (Wildman–Crippen MR) is 78.5 cm³/mol. The second-order valence-electron chi connectivity index (χ2n) is 4.75. The molecule has 1 N–H and O–H groups in total. The standard InChI is InChI=1S/C17H14O4/c1-20-14-5-2-11(3-6-14)16-8-12(10-18)15-7-4-13(19)9-17(15)21-16/h2-10,12,19H,1H3. The van der Waals surface area contributed by atoms with E-state index < -0.39 is 0 Å². The average Bonchev–Trinajstić information content (AvgIpc) is 2.53. The molecule has 106 valence electrons. The third kappa shape index (κ3) is 2.48. The predicted octanol–water partition coefficient (Wildman–Crippen LogP) is 3.12. The molecule has 4 nitrogen and oxygen atoms in total. The van der Waals surface area contributed by atoms with Crippen LogP contribution in [0.2, 0.25) is 0 Å². The van der Waals surface area contributed by atoms with Crippen LogP contribution in [0.3, 0.4) is 0 Å². The van der Waals surface area contributed by atoms with Crippen LogP contribution in [0.4, 0.5) is 0 Å². The van der Waals surface area contributed by atoms with Crippen molar-refractivity contribution in [2.75, 3.05) is 7.11 Å².